The Morgan fingerprint density at radius 2 is 2.46 bits per heavy atom. The summed E-state index contributed by atoms with van der Waals surface area (Å²) in [5, 5.41) is 0. The van der Waals surface area contributed by atoms with Crippen molar-refractivity contribution in [3.8, 4) is 5.88 Å². The lowest BCUT2D eigenvalue weighted by Gasteiger charge is -2.43. The number of ether oxygens (including phenoxy) is 3. The van der Waals surface area contributed by atoms with Crippen molar-refractivity contribution in [3.05, 3.63) is 24.1 Å². The molecule has 7 heteroatoms. The lowest BCUT2D eigenvalue weighted by Crippen LogP contribution is -2.54. The zero-order chi connectivity index (χ0) is 17.0. The first-order valence-corrected chi connectivity index (χ1v) is 8.26. The van der Waals surface area contributed by atoms with E-state index in [0.29, 0.717) is 39.3 Å². The third-order valence-electron chi connectivity index (χ3n) is 4.86. The molecule has 6 nitrogen and oxygen atoms in total. The molecule has 0 bridgehead atoms. The molecule has 2 aliphatic heterocycles. The third-order valence-corrected chi connectivity index (χ3v) is 4.86. The van der Waals surface area contributed by atoms with E-state index >= 15 is 0 Å². The monoisotopic (exact) mass is 338 g/mol. The number of piperidine rings is 1. The minimum atomic E-state index is -0.479. The van der Waals surface area contributed by atoms with Crippen molar-refractivity contribution in [1.29, 1.82) is 0 Å². The van der Waals surface area contributed by atoms with E-state index < -0.39 is 5.82 Å². The van der Waals surface area contributed by atoms with Gasteiger partial charge in [0.05, 0.1) is 31.2 Å². The van der Waals surface area contributed by atoms with E-state index in [0.717, 1.165) is 12.8 Å². The molecule has 0 N–H and O–H groups in total. The van der Waals surface area contributed by atoms with Crippen molar-refractivity contribution in [3.63, 3.8) is 0 Å². The van der Waals surface area contributed by atoms with Crippen molar-refractivity contribution in [1.82, 2.24) is 9.88 Å². The third kappa shape index (κ3) is 3.52. The van der Waals surface area contributed by atoms with Gasteiger partial charge >= 0.3 is 0 Å². The van der Waals surface area contributed by atoms with Gasteiger partial charge in [0.15, 0.2) is 5.82 Å². The molecule has 2 atom stereocenters. The molecule has 1 aromatic rings. The summed E-state index contributed by atoms with van der Waals surface area (Å²) in [7, 11) is 1.58. The molecule has 1 amide bonds. The highest BCUT2D eigenvalue weighted by Gasteiger charge is 2.49. The van der Waals surface area contributed by atoms with Crippen molar-refractivity contribution < 1.29 is 23.4 Å². The largest absolute Gasteiger partial charge is 0.475 e. The van der Waals surface area contributed by atoms with Gasteiger partial charge in [-0.25, -0.2) is 9.37 Å². The van der Waals surface area contributed by atoms with Crippen LogP contribution in [0.1, 0.15) is 19.3 Å². The number of rotatable bonds is 6. The molecule has 3 rings (SSSR count). The Hall–Kier alpha value is -1.73. The van der Waals surface area contributed by atoms with Crippen molar-refractivity contribution in [2.75, 3.05) is 40.0 Å². The fourth-order valence-electron chi connectivity index (χ4n) is 3.51. The Morgan fingerprint density at radius 1 is 1.58 bits per heavy atom. The average molecular weight is 338 g/mol. The van der Waals surface area contributed by atoms with Crippen LogP contribution in [0, 0.1) is 11.2 Å². The smallest absolute Gasteiger partial charge is 0.250 e. The predicted octanol–water partition coefficient (Wildman–Crippen LogP) is 1.64. The topological polar surface area (TPSA) is 60.9 Å². The summed E-state index contributed by atoms with van der Waals surface area (Å²) in [6.45, 7) is 2.58. The number of hydrogen-bond acceptors (Lipinski definition) is 5. The van der Waals surface area contributed by atoms with Crippen LogP contribution >= 0.6 is 0 Å². The molecule has 1 aromatic heterocycles. The highest BCUT2D eigenvalue weighted by Crippen LogP contribution is 2.41. The van der Waals surface area contributed by atoms with Gasteiger partial charge in [-0.2, -0.15) is 0 Å². The van der Waals surface area contributed by atoms with Gasteiger partial charge in [0.1, 0.15) is 0 Å². The highest BCUT2D eigenvalue weighted by molar-refractivity contribution is 5.76. The Labute approximate surface area is 140 Å². The van der Waals surface area contributed by atoms with Crippen LogP contribution in [0.3, 0.4) is 0 Å². The fourth-order valence-corrected chi connectivity index (χ4v) is 3.51. The van der Waals surface area contributed by atoms with Crippen LogP contribution in [-0.4, -0.2) is 61.9 Å². The van der Waals surface area contributed by atoms with Gasteiger partial charge in [-0.05, 0) is 25.0 Å². The molecular formula is C17H23FN2O4. The standard InChI is InChI=1S/C17H23FN2O4/c1-22-9-5-15(21)20-8-4-14-17(11-20,6-10-23-14)12-24-16-13(18)3-2-7-19-16/h2-3,7,14H,4-6,8-12H2,1H3/t14-,17+/m0/s1. The molecule has 0 unspecified atom stereocenters. The van der Waals surface area contributed by atoms with E-state index in [9.17, 15) is 9.18 Å². The summed E-state index contributed by atoms with van der Waals surface area (Å²) in [4.78, 5) is 18.1. The second-order valence-electron chi connectivity index (χ2n) is 6.40. The molecule has 2 saturated heterocycles. The number of nitrogens with zero attached hydrogens (tertiary/aromatic N) is 2. The number of fused-ring (bicyclic) bond motifs is 1. The van der Waals surface area contributed by atoms with E-state index in [1.807, 2.05) is 4.90 Å². The summed E-state index contributed by atoms with van der Waals surface area (Å²) < 4.78 is 30.2. The normalized spacial score (nSPS) is 26.2. The molecule has 2 aliphatic rings. The molecule has 3 heterocycles. The van der Waals surface area contributed by atoms with E-state index in [4.69, 9.17) is 14.2 Å². The van der Waals surface area contributed by atoms with Gasteiger partial charge in [0.2, 0.25) is 11.8 Å². The number of carbonyl (C=O) groups is 1. The van der Waals surface area contributed by atoms with Crippen LogP contribution in [0.4, 0.5) is 4.39 Å². The Bertz CT molecular complexity index is 585. The van der Waals surface area contributed by atoms with Crippen LogP contribution in [0.2, 0.25) is 0 Å². The maximum Gasteiger partial charge on any atom is 0.250 e. The lowest BCUT2D eigenvalue weighted by atomic mass is 9.77. The summed E-state index contributed by atoms with van der Waals surface area (Å²) in [6, 6.07) is 2.85. The van der Waals surface area contributed by atoms with Gasteiger partial charge in [0, 0.05) is 33.0 Å². The number of carbonyl (C=O) groups excluding carboxylic acids is 1. The van der Waals surface area contributed by atoms with Crippen LogP contribution in [-0.2, 0) is 14.3 Å². The molecule has 0 radical (unpaired) electrons. The molecule has 0 aromatic carbocycles. The van der Waals surface area contributed by atoms with Gasteiger partial charge < -0.3 is 19.1 Å². The number of methoxy groups -OCH3 is 1. The van der Waals surface area contributed by atoms with Gasteiger partial charge in [0.25, 0.3) is 0 Å². The predicted molar refractivity (Wildman–Crippen MR) is 84.2 cm³/mol. The number of likely N-dealkylation sites (tertiary alicyclic amines) is 1. The first-order valence-electron chi connectivity index (χ1n) is 8.26. The first-order chi connectivity index (χ1) is 11.6. The zero-order valence-electron chi connectivity index (χ0n) is 13.9. The second-order valence-corrected chi connectivity index (χ2v) is 6.40. The van der Waals surface area contributed by atoms with Crippen LogP contribution in [0.5, 0.6) is 5.88 Å². The quantitative estimate of drug-likeness (QED) is 0.789. The molecule has 0 aliphatic carbocycles. The summed E-state index contributed by atoms with van der Waals surface area (Å²) in [5.41, 5.74) is -0.301. The van der Waals surface area contributed by atoms with E-state index in [1.54, 1.807) is 7.11 Å². The number of halogens is 1. The Balaban J connectivity index is 1.68. The van der Waals surface area contributed by atoms with E-state index in [1.165, 1.54) is 18.3 Å². The fraction of sp³-hybridized carbons (Fsp3) is 0.647. The maximum absolute atomic E-state index is 13.7. The Kier molecular flexibility index (Phi) is 5.30. The summed E-state index contributed by atoms with van der Waals surface area (Å²) in [5.74, 6) is -0.404. The molecule has 0 spiro atoms. The molecule has 132 valence electrons. The molecule has 24 heavy (non-hydrogen) atoms. The lowest BCUT2D eigenvalue weighted by molar-refractivity contribution is -0.139. The SMILES string of the molecule is COCCC(=O)N1CC[C@@H]2OCC[C@]2(COc2ncccc2F)C1. The van der Waals surface area contributed by atoms with Crippen LogP contribution < -0.4 is 4.74 Å². The van der Waals surface area contributed by atoms with Crippen LogP contribution in [0.25, 0.3) is 0 Å². The van der Waals surface area contributed by atoms with Gasteiger partial charge in [-0.3, -0.25) is 4.79 Å². The second kappa shape index (κ2) is 7.44. The number of amides is 1. The van der Waals surface area contributed by atoms with Crippen molar-refractivity contribution in [2.24, 2.45) is 5.41 Å². The Morgan fingerprint density at radius 3 is 3.25 bits per heavy atom. The average Bonchev–Trinajstić information content (AvgIpc) is 3.02. The zero-order valence-corrected chi connectivity index (χ0v) is 13.9. The summed E-state index contributed by atoms with van der Waals surface area (Å²) in [6.07, 6.45) is 3.47. The minimum absolute atomic E-state index is 0.000331. The molecular weight excluding hydrogens is 315 g/mol. The van der Waals surface area contributed by atoms with Crippen LogP contribution in [0.15, 0.2) is 18.3 Å². The minimum Gasteiger partial charge on any atom is -0.475 e. The number of pyridine rings is 1. The maximum atomic E-state index is 13.7. The van der Waals surface area contributed by atoms with E-state index in [2.05, 4.69) is 4.98 Å². The van der Waals surface area contributed by atoms with Gasteiger partial charge in [-0.15, -0.1) is 0 Å². The van der Waals surface area contributed by atoms with E-state index in [-0.39, 0.29) is 23.3 Å². The molecule has 2 fully saturated rings. The summed E-state index contributed by atoms with van der Waals surface area (Å²) >= 11 is 0. The van der Waals surface area contributed by atoms with Crippen molar-refractivity contribution in [2.45, 2.75) is 25.4 Å². The van der Waals surface area contributed by atoms with Gasteiger partial charge in [-0.1, -0.05) is 0 Å². The van der Waals surface area contributed by atoms with Crippen molar-refractivity contribution >= 4 is 5.91 Å². The molecule has 0 saturated carbocycles. The first kappa shape index (κ1) is 17.1. The number of aromatic nitrogens is 1. The number of hydrogen-bond donors (Lipinski definition) is 0. The highest BCUT2D eigenvalue weighted by atomic mass is 19.1.